The third-order valence-corrected chi connectivity index (χ3v) is 2.31. The molecule has 0 unspecified atom stereocenters. The first-order valence-electron chi connectivity index (χ1n) is 5.44. The summed E-state index contributed by atoms with van der Waals surface area (Å²) in [6, 6.07) is 6.56. The molecule has 1 aromatic carbocycles. The largest absolute Gasteiger partial charge is 0.480 e. The molecule has 0 aliphatic carbocycles. The second kappa shape index (κ2) is 6.39. The van der Waals surface area contributed by atoms with E-state index < -0.39 is 30.9 Å². The molecular formula is C12H14N2O5. The van der Waals surface area contributed by atoms with Crippen LogP contribution in [0.4, 0.5) is 5.69 Å². The number of carbonyl (C=O) groups is 3. The lowest BCUT2D eigenvalue weighted by atomic mass is 10.1. The molecule has 0 aromatic heterocycles. The van der Waals surface area contributed by atoms with Crippen LogP contribution >= 0.6 is 0 Å². The highest BCUT2D eigenvalue weighted by Gasteiger charge is 2.19. The number of hydrogen-bond acceptors (Lipinski definition) is 4. The lowest BCUT2D eigenvalue weighted by Gasteiger charge is -2.18. The maximum Gasteiger partial charge on any atom is 0.323 e. The Kier molecular flexibility index (Phi) is 4.87. The predicted molar refractivity (Wildman–Crippen MR) is 66.4 cm³/mol. The molecule has 0 saturated heterocycles. The van der Waals surface area contributed by atoms with Gasteiger partial charge in [0.15, 0.2) is 0 Å². The van der Waals surface area contributed by atoms with Crippen molar-refractivity contribution in [2.45, 2.75) is 6.42 Å². The first-order chi connectivity index (χ1) is 8.88. The third-order valence-electron chi connectivity index (χ3n) is 2.31. The Morgan fingerprint density at radius 2 is 1.68 bits per heavy atom. The van der Waals surface area contributed by atoms with Gasteiger partial charge < -0.3 is 20.8 Å². The minimum atomic E-state index is -1.26. The summed E-state index contributed by atoms with van der Waals surface area (Å²) in [6.07, 6.45) is -0.0917. The van der Waals surface area contributed by atoms with Gasteiger partial charge in [0.2, 0.25) is 5.91 Å². The molecule has 0 bridgehead atoms. The van der Waals surface area contributed by atoms with Crippen LogP contribution in [0.2, 0.25) is 0 Å². The van der Waals surface area contributed by atoms with Crippen LogP contribution in [0.25, 0.3) is 0 Å². The van der Waals surface area contributed by atoms with Crippen molar-refractivity contribution in [3.05, 3.63) is 29.8 Å². The van der Waals surface area contributed by atoms with Crippen molar-refractivity contribution in [1.29, 1.82) is 0 Å². The fourth-order valence-electron chi connectivity index (χ4n) is 1.55. The third kappa shape index (κ3) is 5.07. The molecule has 4 N–H and O–H groups in total. The number of benzene rings is 1. The quantitative estimate of drug-likeness (QED) is 0.613. The Morgan fingerprint density at radius 3 is 2.16 bits per heavy atom. The molecular weight excluding hydrogens is 252 g/mol. The summed E-state index contributed by atoms with van der Waals surface area (Å²) in [5, 5.41) is 17.3. The summed E-state index contributed by atoms with van der Waals surface area (Å²) >= 11 is 0. The van der Waals surface area contributed by atoms with Gasteiger partial charge in [-0.25, -0.2) is 0 Å². The second-order valence-electron chi connectivity index (χ2n) is 3.96. The number of nitrogens with zero attached hydrogens (tertiary/aromatic N) is 1. The van der Waals surface area contributed by atoms with Crippen LogP contribution < -0.4 is 5.73 Å². The average molecular weight is 266 g/mol. The number of carbonyl (C=O) groups excluding carboxylic acids is 1. The van der Waals surface area contributed by atoms with Gasteiger partial charge in [0.25, 0.3) is 0 Å². The van der Waals surface area contributed by atoms with Crippen LogP contribution in [-0.2, 0) is 20.8 Å². The monoisotopic (exact) mass is 266 g/mol. The van der Waals surface area contributed by atoms with E-state index in [1.807, 2.05) is 0 Å². The Balaban J connectivity index is 2.76. The summed E-state index contributed by atoms with van der Waals surface area (Å²) in [4.78, 5) is 33.8. The van der Waals surface area contributed by atoms with Gasteiger partial charge in [-0.05, 0) is 17.7 Å². The Bertz CT molecular complexity index is 485. The van der Waals surface area contributed by atoms with E-state index >= 15 is 0 Å². The van der Waals surface area contributed by atoms with Gasteiger partial charge in [0, 0.05) is 5.69 Å². The molecule has 0 saturated carbocycles. The molecule has 0 spiro atoms. The molecule has 0 radical (unpaired) electrons. The molecule has 1 rings (SSSR count). The van der Waals surface area contributed by atoms with Crippen LogP contribution in [0.1, 0.15) is 5.56 Å². The molecule has 1 amide bonds. The van der Waals surface area contributed by atoms with E-state index in [0.717, 1.165) is 4.90 Å². The van der Waals surface area contributed by atoms with Gasteiger partial charge >= 0.3 is 11.9 Å². The summed E-state index contributed by atoms with van der Waals surface area (Å²) in [5.74, 6) is -3.10. The number of nitrogen functional groups attached to an aromatic ring is 1. The first-order valence-corrected chi connectivity index (χ1v) is 5.44. The topological polar surface area (TPSA) is 121 Å². The molecule has 7 heteroatoms. The predicted octanol–water partition coefficient (Wildman–Crippen LogP) is -0.191. The van der Waals surface area contributed by atoms with Gasteiger partial charge in [-0.15, -0.1) is 0 Å². The van der Waals surface area contributed by atoms with Gasteiger partial charge in [-0.3, -0.25) is 14.4 Å². The number of carboxylic acids is 2. The van der Waals surface area contributed by atoms with Crippen molar-refractivity contribution in [1.82, 2.24) is 4.90 Å². The van der Waals surface area contributed by atoms with Crippen molar-refractivity contribution in [3.8, 4) is 0 Å². The first kappa shape index (κ1) is 14.5. The molecule has 102 valence electrons. The highest BCUT2D eigenvalue weighted by molar-refractivity contribution is 5.86. The molecule has 0 aliphatic heterocycles. The van der Waals surface area contributed by atoms with Crippen molar-refractivity contribution in [2.24, 2.45) is 0 Å². The van der Waals surface area contributed by atoms with Gasteiger partial charge in [-0.1, -0.05) is 12.1 Å². The summed E-state index contributed by atoms with van der Waals surface area (Å²) in [5.41, 5.74) is 6.64. The van der Waals surface area contributed by atoms with Crippen LogP contribution in [0.3, 0.4) is 0 Å². The number of amides is 1. The van der Waals surface area contributed by atoms with Gasteiger partial charge in [-0.2, -0.15) is 0 Å². The molecule has 0 fully saturated rings. The van der Waals surface area contributed by atoms with Crippen molar-refractivity contribution in [3.63, 3.8) is 0 Å². The zero-order valence-electron chi connectivity index (χ0n) is 10.1. The fourth-order valence-corrected chi connectivity index (χ4v) is 1.55. The Morgan fingerprint density at radius 1 is 1.11 bits per heavy atom. The van der Waals surface area contributed by atoms with Gasteiger partial charge in [0.05, 0.1) is 6.42 Å². The Labute approximate surface area is 109 Å². The van der Waals surface area contributed by atoms with E-state index in [1.54, 1.807) is 24.3 Å². The average Bonchev–Trinajstić information content (AvgIpc) is 2.26. The number of nitrogens with two attached hydrogens (primary N) is 1. The Hall–Kier alpha value is -2.57. The summed E-state index contributed by atoms with van der Waals surface area (Å²) in [7, 11) is 0. The van der Waals surface area contributed by atoms with Crippen LogP contribution in [0, 0.1) is 0 Å². The number of hydrogen-bond donors (Lipinski definition) is 3. The molecule has 19 heavy (non-hydrogen) atoms. The summed E-state index contributed by atoms with van der Waals surface area (Å²) < 4.78 is 0. The molecule has 0 heterocycles. The van der Waals surface area contributed by atoms with Crippen molar-refractivity contribution in [2.75, 3.05) is 18.8 Å². The van der Waals surface area contributed by atoms with Gasteiger partial charge in [0.1, 0.15) is 13.1 Å². The van der Waals surface area contributed by atoms with Crippen molar-refractivity contribution < 1.29 is 24.6 Å². The minimum absolute atomic E-state index is 0.0917. The van der Waals surface area contributed by atoms with E-state index in [1.165, 1.54) is 0 Å². The maximum absolute atomic E-state index is 11.9. The number of carboxylic acid groups (broad SMARTS) is 2. The second-order valence-corrected chi connectivity index (χ2v) is 3.96. The van der Waals surface area contributed by atoms with Crippen LogP contribution in [0.5, 0.6) is 0 Å². The zero-order valence-corrected chi connectivity index (χ0v) is 10.1. The normalized spacial score (nSPS) is 9.89. The maximum atomic E-state index is 11.9. The lowest BCUT2D eigenvalue weighted by Crippen LogP contribution is -2.40. The SMILES string of the molecule is Nc1cccc(CC(=O)N(CC(=O)O)CC(=O)O)c1. The van der Waals surface area contributed by atoms with E-state index in [4.69, 9.17) is 15.9 Å². The molecule has 0 atom stereocenters. The molecule has 1 aromatic rings. The smallest absolute Gasteiger partial charge is 0.323 e. The standard InChI is InChI=1S/C12H14N2O5/c13-9-3-1-2-8(4-9)5-10(15)14(6-11(16)17)7-12(18)19/h1-4H,5-7,13H2,(H,16,17)(H,18,19). The lowest BCUT2D eigenvalue weighted by molar-refractivity contribution is -0.149. The van der Waals surface area contributed by atoms with E-state index in [0.29, 0.717) is 11.3 Å². The van der Waals surface area contributed by atoms with Crippen LogP contribution in [-0.4, -0.2) is 46.0 Å². The van der Waals surface area contributed by atoms with Crippen molar-refractivity contribution >= 4 is 23.5 Å². The van der Waals surface area contributed by atoms with E-state index in [-0.39, 0.29) is 6.42 Å². The van der Waals surface area contributed by atoms with Crippen LogP contribution in [0.15, 0.2) is 24.3 Å². The van der Waals surface area contributed by atoms with E-state index in [9.17, 15) is 14.4 Å². The zero-order chi connectivity index (χ0) is 14.4. The number of anilines is 1. The molecule has 7 nitrogen and oxygen atoms in total. The minimum Gasteiger partial charge on any atom is -0.480 e. The summed E-state index contributed by atoms with van der Waals surface area (Å²) in [6.45, 7) is -1.29. The highest BCUT2D eigenvalue weighted by atomic mass is 16.4. The number of aliphatic carboxylic acids is 2. The fraction of sp³-hybridized carbons (Fsp3) is 0.250. The number of rotatable bonds is 6. The molecule has 0 aliphatic rings. The van der Waals surface area contributed by atoms with E-state index in [2.05, 4.69) is 0 Å². The highest BCUT2D eigenvalue weighted by Crippen LogP contribution is 2.08.